The van der Waals surface area contributed by atoms with Gasteiger partial charge in [0.15, 0.2) is 6.61 Å². The van der Waals surface area contributed by atoms with Gasteiger partial charge in [-0.25, -0.2) is 17.9 Å². The van der Waals surface area contributed by atoms with Crippen LogP contribution in [0.25, 0.3) is 6.08 Å². The van der Waals surface area contributed by atoms with Gasteiger partial charge in [0.25, 0.3) is 5.91 Å². The number of amides is 1. The molecule has 166 valence electrons. The van der Waals surface area contributed by atoms with Crippen molar-refractivity contribution < 1.29 is 27.5 Å². The first kappa shape index (κ1) is 24.1. The number of aryl methyl sites for hydroxylation is 1. The highest BCUT2D eigenvalue weighted by Gasteiger charge is 2.17. The van der Waals surface area contributed by atoms with Crippen LogP contribution >= 0.6 is 0 Å². The molecule has 0 fully saturated rings. The van der Waals surface area contributed by atoms with E-state index in [4.69, 9.17) is 9.47 Å². The van der Waals surface area contributed by atoms with E-state index in [1.807, 2.05) is 31.2 Å². The Balaban J connectivity index is 1.86. The second-order valence-corrected chi connectivity index (χ2v) is 8.44. The number of carbonyl (C=O) groups is 2. The molecule has 0 aliphatic heterocycles. The third-order valence-corrected chi connectivity index (χ3v) is 5.92. The zero-order valence-electron chi connectivity index (χ0n) is 17.7. The summed E-state index contributed by atoms with van der Waals surface area (Å²) in [4.78, 5) is 23.7. The Kier molecular flexibility index (Phi) is 8.77. The highest BCUT2D eigenvalue weighted by molar-refractivity contribution is 7.89. The zero-order chi connectivity index (χ0) is 22.9. The predicted octanol–water partition coefficient (Wildman–Crippen LogP) is 1.83. The molecular weight excluding hydrogens is 420 g/mol. The fourth-order valence-electron chi connectivity index (χ4n) is 2.74. The molecule has 2 rings (SSSR count). The number of carbonyl (C=O) groups excluding carboxylic acids is 2. The van der Waals surface area contributed by atoms with Gasteiger partial charge < -0.3 is 14.8 Å². The van der Waals surface area contributed by atoms with E-state index in [-0.39, 0.29) is 10.6 Å². The zero-order valence-corrected chi connectivity index (χ0v) is 18.5. The van der Waals surface area contributed by atoms with Crippen molar-refractivity contribution in [3.8, 4) is 5.75 Å². The van der Waals surface area contributed by atoms with Gasteiger partial charge in [-0.2, -0.15) is 0 Å². The Morgan fingerprint density at radius 2 is 1.87 bits per heavy atom. The van der Waals surface area contributed by atoms with Gasteiger partial charge in [0.1, 0.15) is 10.6 Å². The topological polar surface area (TPSA) is 111 Å². The van der Waals surface area contributed by atoms with Crippen LogP contribution < -0.4 is 14.8 Å². The molecule has 31 heavy (non-hydrogen) atoms. The summed E-state index contributed by atoms with van der Waals surface area (Å²) in [6.45, 7) is 2.04. The first-order chi connectivity index (χ1) is 14.8. The number of hydrogen-bond donors (Lipinski definition) is 2. The van der Waals surface area contributed by atoms with E-state index in [0.29, 0.717) is 18.5 Å². The molecule has 0 aromatic heterocycles. The van der Waals surface area contributed by atoms with Gasteiger partial charge in [0, 0.05) is 12.6 Å². The van der Waals surface area contributed by atoms with Crippen molar-refractivity contribution in [3.63, 3.8) is 0 Å². The molecule has 0 bridgehead atoms. The Morgan fingerprint density at radius 3 is 2.55 bits per heavy atom. The molecule has 0 heterocycles. The molecular formula is C22H26N2O6S. The van der Waals surface area contributed by atoms with Crippen LogP contribution in [0.4, 0.5) is 0 Å². The third kappa shape index (κ3) is 7.23. The van der Waals surface area contributed by atoms with Crippen molar-refractivity contribution in [2.45, 2.75) is 18.2 Å². The van der Waals surface area contributed by atoms with Crippen molar-refractivity contribution in [1.82, 2.24) is 10.0 Å². The molecule has 0 saturated carbocycles. The molecule has 0 aliphatic rings. The Labute approximate surface area is 182 Å². The minimum absolute atomic E-state index is 0.0546. The minimum atomic E-state index is -3.73. The van der Waals surface area contributed by atoms with E-state index >= 15 is 0 Å². The van der Waals surface area contributed by atoms with Crippen molar-refractivity contribution in [2.24, 2.45) is 0 Å². The van der Waals surface area contributed by atoms with E-state index in [2.05, 4.69) is 10.0 Å². The summed E-state index contributed by atoms with van der Waals surface area (Å²) < 4.78 is 36.4. The van der Waals surface area contributed by atoms with E-state index < -0.39 is 28.5 Å². The van der Waals surface area contributed by atoms with Crippen molar-refractivity contribution in [3.05, 3.63) is 65.2 Å². The average Bonchev–Trinajstić information content (AvgIpc) is 2.77. The summed E-state index contributed by atoms with van der Waals surface area (Å²) in [5.74, 6) is -0.943. The predicted molar refractivity (Wildman–Crippen MR) is 117 cm³/mol. The summed E-state index contributed by atoms with van der Waals surface area (Å²) in [5, 5.41) is 2.70. The molecule has 8 nitrogen and oxygen atoms in total. The molecule has 2 N–H and O–H groups in total. The first-order valence-corrected chi connectivity index (χ1v) is 11.0. The maximum Gasteiger partial charge on any atom is 0.331 e. The summed E-state index contributed by atoms with van der Waals surface area (Å²) >= 11 is 0. The standard InChI is InChI=1S/C22H26N2O6S/c1-16-6-4-5-7-18(16)12-13-24-21(25)15-30-22(26)11-9-17-8-10-19(29-3)20(14-17)31(27,28)23-2/h4-11,14,23H,12-13,15H2,1-3H3,(H,24,25)/b11-9+. The third-order valence-electron chi connectivity index (χ3n) is 4.48. The lowest BCUT2D eigenvalue weighted by atomic mass is 10.1. The van der Waals surface area contributed by atoms with Crippen molar-refractivity contribution in [1.29, 1.82) is 0 Å². The Bertz CT molecular complexity index is 1060. The van der Waals surface area contributed by atoms with E-state index in [0.717, 1.165) is 17.2 Å². The van der Waals surface area contributed by atoms with Crippen LogP contribution in [0.3, 0.4) is 0 Å². The fraction of sp³-hybridized carbons (Fsp3) is 0.273. The van der Waals surface area contributed by atoms with E-state index in [1.54, 1.807) is 6.07 Å². The molecule has 2 aromatic rings. The number of ether oxygens (including phenoxy) is 2. The Hall–Kier alpha value is -3.17. The van der Waals surface area contributed by atoms with Crippen molar-refractivity contribution in [2.75, 3.05) is 27.3 Å². The van der Waals surface area contributed by atoms with Crippen LogP contribution in [0.15, 0.2) is 53.4 Å². The average molecular weight is 447 g/mol. The van der Waals surface area contributed by atoms with Crippen molar-refractivity contribution >= 4 is 28.0 Å². The lowest BCUT2D eigenvalue weighted by Gasteiger charge is -2.09. The lowest BCUT2D eigenvalue weighted by molar-refractivity contribution is -0.143. The number of methoxy groups -OCH3 is 1. The van der Waals surface area contributed by atoms with Crippen LogP contribution in [0.5, 0.6) is 5.75 Å². The molecule has 0 spiro atoms. The Morgan fingerprint density at radius 1 is 1.13 bits per heavy atom. The highest BCUT2D eigenvalue weighted by Crippen LogP contribution is 2.25. The number of nitrogens with one attached hydrogen (secondary N) is 2. The monoisotopic (exact) mass is 446 g/mol. The van der Waals surface area contributed by atoms with Crippen LogP contribution in [-0.2, 0) is 30.8 Å². The molecule has 0 unspecified atom stereocenters. The van der Waals surface area contributed by atoms with E-state index in [1.165, 1.54) is 32.4 Å². The number of benzene rings is 2. The molecule has 1 amide bonds. The van der Waals surface area contributed by atoms with Gasteiger partial charge in [-0.3, -0.25) is 4.79 Å². The molecule has 0 aliphatic carbocycles. The summed E-state index contributed by atoms with van der Waals surface area (Å²) in [7, 11) is -1.08. The second-order valence-electron chi connectivity index (χ2n) is 6.59. The maximum absolute atomic E-state index is 12.1. The molecule has 0 atom stereocenters. The minimum Gasteiger partial charge on any atom is -0.495 e. The van der Waals surface area contributed by atoms with Gasteiger partial charge >= 0.3 is 5.97 Å². The SMILES string of the molecule is CNS(=O)(=O)c1cc(/C=C/C(=O)OCC(=O)NCCc2ccccc2C)ccc1OC. The van der Waals surface area contributed by atoms with Crippen LogP contribution in [0.1, 0.15) is 16.7 Å². The maximum atomic E-state index is 12.1. The molecule has 2 aromatic carbocycles. The lowest BCUT2D eigenvalue weighted by Crippen LogP contribution is -2.30. The van der Waals surface area contributed by atoms with Gasteiger partial charge in [0.05, 0.1) is 7.11 Å². The summed E-state index contributed by atoms with van der Waals surface area (Å²) in [6, 6.07) is 12.3. The van der Waals surface area contributed by atoms with E-state index in [9.17, 15) is 18.0 Å². The van der Waals surface area contributed by atoms with Gasteiger partial charge in [-0.1, -0.05) is 30.3 Å². The largest absolute Gasteiger partial charge is 0.495 e. The normalized spacial score (nSPS) is 11.3. The quantitative estimate of drug-likeness (QED) is 0.426. The van der Waals surface area contributed by atoms with Crippen LogP contribution in [0.2, 0.25) is 0 Å². The highest BCUT2D eigenvalue weighted by atomic mass is 32.2. The first-order valence-electron chi connectivity index (χ1n) is 9.54. The van der Waals surface area contributed by atoms with Gasteiger partial charge in [0.2, 0.25) is 10.0 Å². The fourth-order valence-corrected chi connectivity index (χ4v) is 3.67. The number of esters is 1. The second kappa shape index (κ2) is 11.3. The van der Waals surface area contributed by atoms with Crippen LogP contribution in [-0.4, -0.2) is 47.6 Å². The van der Waals surface area contributed by atoms with Gasteiger partial charge in [-0.15, -0.1) is 0 Å². The number of rotatable bonds is 10. The number of hydrogen-bond acceptors (Lipinski definition) is 6. The smallest absolute Gasteiger partial charge is 0.331 e. The molecule has 0 saturated heterocycles. The van der Waals surface area contributed by atoms with Crippen LogP contribution in [0, 0.1) is 6.92 Å². The van der Waals surface area contributed by atoms with Gasteiger partial charge in [-0.05, 0) is 55.3 Å². The summed E-state index contributed by atoms with van der Waals surface area (Å²) in [6.07, 6.45) is 3.20. The molecule has 0 radical (unpaired) electrons. The summed E-state index contributed by atoms with van der Waals surface area (Å²) in [5.41, 5.74) is 2.74. The molecule has 9 heteroatoms. The number of sulfonamides is 1.